The van der Waals surface area contributed by atoms with Gasteiger partial charge >= 0.3 is 0 Å². The predicted molar refractivity (Wildman–Crippen MR) is 71.5 cm³/mol. The van der Waals surface area contributed by atoms with Gasteiger partial charge in [0, 0.05) is 11.8 Å². The molecule has 0 radical (unpaired) electrons. The molecule has 0 spiro atoms. The Hall–Kier alpha value is -2.54. The molecule has 1 heterocycles. The van der Waals surface area contributed by atoms with E-state index in [1.54, 1.807) is 26.2 Å². The standard InChI is InChI=1S/C15H14N2O2/c1-10-8-15(12(9-16)11(2)17-10)19-14-7-5-4-6-13(14)18-3/h4-8H,1-3H3. The Morgan fingerprint density at radius 1 is 1.11 bits per heavy atom. The summed E-state index contributed by atoms with van der Waals surface area (Å²) in [6, 6.07) is 11.2. The molecule has 0 aliphatic rings. The van der Waals surface area contributed by atoms with E-state index >= 15 is 0 Å². The van der Waals surface area contributed by atoms with Crippen molar-refractivity contribution in [2.75, 3.05) is 7.11 Å². The Kier molecular flexibility index (Phi) is 3.67. The Morgan fingerprint density at radius 3 is 2.42 bits per heavy atom. The zero-order valence-electron chi connectivity index (χ0n) is 11.1. The van der Waals surface area contributed by atoms with Gasteiger partial charge in [-0.3, -0.25) is 4.98 Å². The maximum atomic E-state index is 9.19. The highest BCUT2D eigenvalue weighted by molar-refractivity contribution is 5.50. The first kappa shape index (κ1) is 12.9. The van der Waals surface area contributed by atoms with Crippen LogP contribution in [0.15, 0.2) is 30.3 Å². The summed E-state index contributed by atoms with van der Waals surface area (Å²) in [6.45, 7) is 3.66. The molecule has 2 aromatic rings. The lowest BCUT2D eigenvalue weighted by Gasteiger charge is -2.12. The van der Waals surface area contributed by atoms with Gasteiger partial charge in [0.25, 0.3) is 0 Å². The Labute approximate surface area is 112 Å². The van der Waals surface area contributed by atoms with Gasteiger partial charge in [0.2, 0.25) is 0 Å². The average Bonchev–Trinajstić information content (AvgIpc) is 2.39. The van der Waals surface area contributed by atoms with Crippen LogP contribution in [0.2, 0.25) is 0 Å². The van der Waals surface area contributed by atoms with E-state index in [1.807, 2.05) is 25.1 Å². The molecule has 0 aliphatic carbocycles. The minimum absolute atomic E-state index is 0.441. The number of para-hydroxylation sites is 2. The highest BCUT2D eigenvalue weighted by atomic mass is 16.5. The molecular formula is C15H14N2O2. The number of rotatable bonds is 3. The Balaban J connectivity index is 2.47. The van der Waals surface area contributed by atoms with Crippen molar-refractivity contribution in [3.8, 4) is 23.3 Å². The van der Waals surface area contributed by atoms with Crippen molar-refractivity contribution in [3.05, 3.63) is 47.3 Å². The molecule has 4 nitrogen and oxygen atoms in total. The molecule has 0 atom stereocenters. The molecule has 96 valence electrons. The van der Waals surface area contributed by atoms with Crippen molar-refractivity contribution < 1.29 is 9.47 Å². The summed E-state index contributed by atoms with van der Waals surface area (Å²) in [6.07, 6.45) is 0. The average molecular weight is 254 g/mol. The van der Waals surface area contributed by atoms with Gasteiger partial charge in [-0.05, 0) is 26.0 Å². The molecule has 1 aromatic heterocycles. The van der Waals surface area contributed by atoms with Crippen LogP contribution in [0, 0.1) is 25.2 Å². The van der Waals surface area contributed by atoms with Crippen LogP contribution >= 0.6 is 0 Å². The summed E-state index contributed by atoms with van der Waals surface area (Å²) < 4.78 is 11.0. The lowest BCUT2D eigenvalue weighted by molar-refractivity contribution is 0.378. The van der Waals surface area contributed by atoms with E-state index in [-0.39, 0.29) is 0 Å². The number of pyridine rings is 1. The number of ether oxygens (including phenoxy) is 2. The van der Waals surface area contributed by atoms with Gasteiger partial charge < -0.3 is 9.47 Å². The van der Waals surface area contributed by atoms with Crippen molar-refractivity contribution in [3.63, 3.8) is 0 Å². The third-order valence-electron chi connectivity index (χ3n) is 2.69. The Morgan fingerprint density at radius 2 is 1.79 bits per heavy atom. The van der Waals surface area contributed by atoms with Crippen LogP contribution < -0.4 is 9.47 Å². The van der Waals surface area contributed by atoms with Gasteiger partial charge in [-0.15, -0.1) is 0 Å². The monoisotopic (exact) mass is 254 g/mol. The van der Waals surface area contributed by atoms with Gasteiger partial charge in [-0.1, -0.05) is 12.1 Å². The van der Waals surface area contributed by atoms with Gasteiger partial charge in [0.15, 0.2) is 11.5 Å². The van der Waals surface area contributed by atoms with Crippen LogP contribution in [0.1, 0.15) is 17.0 Å². The van der Waals surface area contributed by atoms with Crippen LogP contribution in [-0.4, -0.2) is 12.1 Å². The molecular weight excluding hydrogens is 240 g/mol. The molecule has 0 fully saturated rings. The second-order valence-corrected chi connectivity index (χ2v) is 4.09. The number of methoxy groups -OCH3 is 1. The fourth-order valence-corrected chi connectivity index (χ4v) is 1.83. The summed E-state index contributed by atoms with van der Waals surface area (Å²) >= 11 is 0. The van der Waals surface area contributed by atoms with Crippen LogP contribution in [0.5, 0.6) is 17.2 Å². The number of hydrogen-bond donors (Lipinski definition) is 0. The van der Waals surface area contributed by atoms with Crippen molar-refractivity contribution in [1.29, 1.82) is 5.26 Å². The quantitative estimate of drug-likeness (QED) is 0.842. The van der Waals surface area contributed by atoms with Crippen molar-refractivity contribution in [2.24, 2.45) is 0 Å². The van der Waals surface area contributed by atoms with E-state index < -0.39 is 0 Å². The van der Waals surface area contributed by atoms with Gasteiger partial charge in [-0.25, -0.2) is 0 Å². The second-order valence-electron chi connectivity index (χ2n) is 4.09. The van der Waals surface area contributed by atoms with Gasteiger partial charge in [0.1, 0.15) is 17.4 Å². The molecule has 19 heavy (non-hydrogen) atoms. The third-order valence-corrected chi connectivity index (χ3v) is 2.69. The minimum atomic E-state index is 0.441. The number of aryl methyl sites for hydroxylation is 2. The summed E-state index contributed by atoms with van der Waals surface area (Å²) in [7, 11) is 1.58. The molecule has 0 bridgehead atoms. The fourth-order valence-electron chi connectivity index (χ4n) is 1.83. The minimum Gasteiger partial charge on any atom is -0.493 e. The number of benzene rings is 1. The number of hydrogen-bond acceptors (Lipinski definition) is 4. The normalized spacial score (nSPS) is 9.79. The SMILES string of the molecule is COc1ccccc1Oc1cc(C)nc(C)c1C#N. The zero-order chi connectivity index (χ0) is 13.8. The maximum Gasteiger partial charge on any atom is 0.169 e. The van der Waals surface area contributed by atoms with E-state index in [4.69, 9.17) is 9.47 Å². The molecule has 1 aromatic carbocycles. The third kappa shape index (κ3) is 2.66. The number of aromatic nitrogens is 1. The molecule has 0 unspecified atom stereocenters. The van der Waals surface area contributed by atoms with E-state index in [2.05, 4.69) is 11.1 Å². The lowest BCUT2D eigenvalue weighted by atomic mass is 10.2. The van der Waals surface area contributed by atoms with Crippen LogP contribution in [0.3, 0.4) is 0 Å². The van der Waals surface area contributed by atoms with Crippen LogP contribution in [-0.2, 0) is 0 Å². The van der Waals surface area contributed by atoms with Crippen molar-refractivity contribution >= 4 is 0 Å². The summed E-state index contributed by atoms with van der Waals surface area (Å²) in [5.41, 5.74) is 1.91. The van der Waals surface area contributed by atoms with E-state index in [9.17, 15) is 5.26 Å². The maximum absolute atomic E-state index is 9.19. The largest absolute Gasteiger partial charge is 0.493 e. The van der Waals surface area contributed by atoms with E-state index in [1.165, 1.54) is 0 Å². The zero-order valence-corrected chi connectivity index (χ0v) is 11.1. The van der Waals surface area contributed by atoms with Crippen molar-refractivity contribution in [1.82, 2.24) is 4.98 Å². The van der Waals surface area contributed by atoms with Gasteiger partial charge in [0.05, 0.1) is 12.8 Å². The topological polar surface area (TPSA) is 55.1 Å². The second kappa shape index (κ2) is 5.40. The molecule has 0 saturated carbocycles. The first-order valence-electron chi connectivity index (χ1n) is 5.85. The van der Waals surface area contributed by atoms with E-state index in [0.717, 1.165) is 5.69 Å². The van der Waals surface area contributed by atoms with E-state index in [0.29, 0.717) is 28.5 Å². The molecule has 0 aliphatic heterocycles. The molecule has 2 rings (SSSR count). The fraction of sp³-hybridized carbons (Fsp3) is 0.200. The predicted octanol–water partition coefficient (Wildman–Crippen LogP) is 3.37. The lowest BCUT2D eigenvalue weighted by Crippen LogP contribution is -1.97. The molecule has 0 saturated heterocycles. The number of nitriles is 1. The number of nitrogens with zero attached hydrogens (tertiary/aromatic N) is 2. The van der Waals surface area contributed by atoms with Crippen molar-refractivity contribution in [2.45, 2.75) is 13.8 Å². The molecule has 0 N–H and O–H groups in total. The van der Waals surface area contributed by atoms with Gasteiger partial charge in [-0.2, -0.15) is 5.26 Å². The smallest absolute Gasteiger partial charge is 0.169 e. The molecule has 0 amide bonds. The summed E-state index contributed by atoms with van der Waals surface area (Å²) in [4.78, 5) is 4.26. The molecule has 4 heteroatoms. The highest BCUT2D eigenvalue weighted by Gasteiger charge is 2.12. The summed E-state index contributed by atoms with van der Waals surface area (Å²) in [5.74, 6) is 1.70. The Bertz CT molecular complexity index is 645. The van der Waals surface area contributed by atoms with Crippen LogP contribution in [0.4, 0.5) is 0 Å². The van der Waals surface area contributed by atoms with Crippen LogP contribution in [0.25, 0.3) is 0 Å². The summed E-state index contributed by atoms with van der Waals surface area (Å²) in [5, 5.41) is 9.19. The highest BCUT2D eigenvalue weighted by Crippen LogP contribution is 2.33. The first-order chi connectivity index (χ1) is 9.15. The first-order valence-corrected chi connectivity index (χ1v) is 5.85.